The van der Waals surface area contributed by atoms with Crippen molar-refractivity contribution in [2.24, 2.45) is 5.92 Å². The summed E-state index contributed by atoms with van der Waals surface area (Å²) < 4.78 is 32.2. The molecule has 6 nitrogen and oxygen atoms in total. The zero-order chi connectivity index (χ0) is 18.4. The molecule has 0 saturated carbocycles. The van der Waals surface area contributed by atoms with E-state index in [0.29, 0.717) is 45.8 Å². The Morgan fingerprint density at radius 2 is 1.85 bits per heavy atom. The van der Waals surface area contributed by atoms with Gasteiger partial charge >= 0.3 is 0 Å². The molecule has 0 aliphatic carbocycles. The number of ether oxygens (including phenoxy) is 1. The van der Waals surface area contributed by atoms with Crippen LogP contribution in [0.3, 0.4) is 0 Å². The van der Waals surface area contributed by atoms with Crippen LogP contribution < -0.4 is 0 Å². The van der Waals surface area contributed by atoms with Crippen LogP contribution in [0.4, 0.5) is 0 Å². The second kappa shape index (κ2) is 8.97. The van der Waals surface area contributed by atoms with Crippen LogP contribution in [0, 0.1) is 5.92 Å². The second-order valence-electron chi connectivity index (χ2n) is 7.04. The van der Waals surface area contributed by atoms with Crippen LogP contribution in [-0.2, 0) is 26.0 Å². The summed E-state index contributed by atoms with van der Waals surface area (Å²) >= 11 is 0. The Morgan fingerprint density at radius 3 is 2.58 bits per heavy atom. The number of hydrogen-bond donors (Lipinski definition) is 0. The largest absolute Gasteiger partial charge is 0.378 e. The van der Waals surface area contributed by atoms with E-state index in [2.05, 4.69) is 0 Å². The van der Waals surface area contributed by atoms with E-state index in [1.807, 2.05) is 35.2 Å². The van der Waals surface area contributed by atoms with Crippen molar-refractivity contribution in [1.29, 1.82) is 0 Å². The summed E-state index contributed by atoms with van der Waals surface area (Å²) in [5.74, 6) is 0.00335. The predicted octanol–water partition coefficient (Wildman–Crippen LogP) is 1.52. The average molecular weight is 381 g/mol. The van der Waals surface area contributed by atoms with Gasteiger partial charge in [-0.2, -0.15) is 0 Å². The van der Waals surface area contributed by atoms with Gasteiger partial charge in [-0.15, -0.1) is 0 Å². The van der Waals surface area contributed by atoms with E-state index in [0.717, 1.165) is 24.8 Å². The van der Waals surface area contributed by atoms with E-state index < -0.39 is 10.0 Å². The predicted molar refractivity (Wildman–Crippen MR) is 100 cm³/mol. The molecule has 0 N–H and O–H groups in total. The topological polar surface area (TPSA) is 66.9 Å². The molecule has 0 aromatic heterocycles. The van der Waals surface area contributed by atoms with E-state index in [9.17, 15) is 13.2 Å². The maximum absolute atomic E-state index is 12.7. The van der Waals surface area contributed by atoms with Crippen LogP contribution in [-0.4, -0.2) is 68.7 Å². The molecule has 0 unspecified atom stereocenters. The first-order chi connectivity index (χ1) is 12.6. The van der Waals surface area contributed by atoms with Gasteiger partial charge in [0, 0.05) is 26.2 Å². The third-order valence-corrected chi connectivity index (χ3v) is 7.08. The Bertz CT molecular complexity index is 687. The van der Waals surface area contributed by atoms with Crippen molar-refractivity contribution in [2.45, 2.75) is 25.7 Å². The first-order valence-electron chi connectivity index (χ1n) is 9.44. The molecule has 7 heteroatoms. The Morgan fingerprint density at radius 1 is 1.12 bits per heavy atom. The van der Waals surface area contributed by atoms with Gasteiger partial charge in [-0.05, 0) is 31.2 Å². The van der Waals surface area contributed by atoms with Crippen molar-refractivity contribution >= 4 is 15.9 Å². The summed E-state index contributed by atoms with van der Waals surface area (Å²) in [6, 6.07) is 9.93. The van der Waals surface area contributed by atoms with Gasteiger partial charge in [-0.3, -0.25) is 4.79 Å². The van der Waals surface area contributed by atoms with Gasteiger partial charge in [0.15, 0.2) is 0 Å². The van der Waals surface area contributed by atoms with E-state index >= 15 is 0 Å². The van der Waals surface area contributed by atoms with Crippen molar-refractivity contribution in [3.8, 4) is 0 Å². The number of hydrogen-bond acceptors (Lipinski definition) is 4. The molecular weight excluding hydrogens is 352 g/mol. The number of piperidine rings is 1. The minimum Gasteiger partial charge on any atom is -0.378 e. The third kappa shape index (κ3) is 5.05. The fourth-order valence-corrected chi connectivity index (χ4v) is 5.25. The van der Waals surface area contributed by atoms with Crippen molar-refractivity contribution in [2.75, 3.05) is 45.1 Å². The van der Waals surface area contributed by atoms with Gasteiger partial charge < -0.3 is 9.64 Å². The zero-order valence-electron chi connectivity index (χ0n) is 15.2. The van der Waals surface area contributed by atoms with Crippen LogP contribution in [0.15, 0.2) is 30.3 Å². The number of amides is 1. The molecule has 1 atom stereocenters. The molecule has 0 bridgehead atoms. The third-order valence-electron chi connectivity index (χ3n) is 5.16. The van der Waals surface area contributed by atoms with E-state index in [-0.39, 0.29) is 17.6 Å². The monoisotopic (exact) mass is 380 g/mol. The van der Waals surface area contributed by atoms with Crippen molar-refractivity contribution in [3.05, 3.63) is 35.9 Å². The Kier molecular flexibility index (Phi) is 6.67. The summed E-state index contributed by atoms with van der Waals surface area (Å²) in [4.78, 5) is 14.5. The van der Waals surface area contributed by atoms with Crippen LogP contribution in [0.5, 0.6) is 0 Å². The molecule has 0 spiro atoms. The standard InChI is InChI=1S/C19H28N2O4S/c22-19(20-11-13-25-14-12-20)18-9-4-10-21(16-18)26(23,24)15-5-8-17-6-2-1-3-7-17/h1-3,6-7,18H,4-5,8-16H2/t18-/m1/s1. The molecule has 2 aliphatic heterocycles. The number of rotatable bonds is 6. The highest BCUT2D eigenvalue weighted by Crippen LogP contribution is 2.22. The summed E-state index contributed by atoms with van der Waals surface area (Å²) in [5.41, 5.74) is 1.15. The molecule has 0 radical (unpaired) electrons. The molecule has 1 aromatic rings. The van der Waals surface area contributed by atoms with Crippen LogP contribution in [0.2, 0.25) is 0 Å². The fourth-order valence-electron chi connectivity index (χ4n) is 3.67. The van der Waals surface area contributed by atoms with E-state index in [4.69, 9.17) is 4.74 Å². The molecule has 2 saturated heterocycles. The van der Waals surface area contributed by atoms with Gasteiger partial charge in [-0.1, -0.05) is 30.3 Å². The number of sulfonamides is 1. The van der Waals surface area contributed by atoms with Gasteiger partial charge in [0.25, 0.3) is 0 Å². The molecule has 2 heterocycles. The van der Waals surface area contributed by atoms with Gasteiger partial charge in [0.1, 0.15) is 0 Å². The quantitative estimate of drug-likeness (QED) is 0.750. The molecule has 1 aromatic carbocycles. The molecule has 26 heavy (non-hydrogen) atoms. The SMILES string of the molecule is O=C([C@@H]1CCCN(S(=O)(=O)CCCc2ccccc2)C1)N1CCOCC1. The lowest BCUT2D eigenvalue weighted by molar-refractivity contribution is -0.140. The highest BCUT2D eigenvalue weighted by molar-refractivity contribution is 7.89. The zero-order valence-corrected chi connectivity index (χ0v) is 16.0. The Hall–Kier alpha value is -1.44. The lowest BCUT2D eigenvalue weighted by atomic mass is 9.98. The fraction of sp³-hybridized carbons (Fsp3) is 0.632. The molecule has 3 rings (SSSR count). The van der Waals surface area contributed by atoms with Crippen molar-refractivity contribution in [3.63, 3.8) is 0 Å². The number of carbonyl (C=O) groups excluding carboxylic acids is 1. The number of nitrogens with zero attached hydrogens (tertiary/aromatic N) is 2. The number of aryl methyl sites for hydroxylation is 1. The van der Waals surface area contributed by atoms with Crippen molar-refractivity contribution in [1.82, 2.24) is 9.21 Å². The second-order valence-corrected chi connectivity index (χ2v) is 9.13. The lowest BCUT2D eigenvalue weighted by Crippen LogP contribution is -2.49. The van der Waals surface area contributed by atoms with E-state index in [1.54, 1.807) is 0 Å². The Balaban J connectivity index is 1.52. The highest BCUT2D eigenvalue weighted by Gasteiger charge is 2.34. The Labute approximate surface area is 156 Å². The maximum atomic E-state index is 12.7. The van der Waals surface area contributed by atoms with Crippen LogP contribution >= 0.6 is 0 Å². The smallest absolute Gasteiger partial charge is 0.227 e. The number of morpholine rings is 1. The van der Waals surface area contributed by atoms with Crippen LogP contribution in [0.1, 0.15) is 24.8 Å². The first-order valence-corrected chi connectivity index (χ1v) is 11.1. The maximum Gasteiger partial charge on any atom is 0.227 e. The number of carbonyl (C=O) groups is 1. The summed E-state index contributed by atoms with van der Waals surface area (Å²) in [7, 11) is -3.31. The van der Waals surface area contributed by atoms with Gasteiger partial charge in [0.2, 0.25) is 15.9 Å². The summed E-state index contributed by atoms with van der Waals surface area (Å²) in [6.07, 6.45) is 2.87. The normalized spacial score (nSPS) is 22.3. The molecule has 144 valence electrons. The molecule has 2 aliphatic rings. The summed E-state index contributed by atoms with van der Waals surface area (Å²) in [5, 5.41) is 0. The van der Waals surface area contributed by atoms with E-state index in [1.165, 1.54) is 4.31 Å². The van der Waals surface area contributed by atoms with Gasteiger partial charge in [-0.25, -0.2) is 12.7 Å². The minimum absolute atomic E-state index is 0.0810. The van der Waals surface area contributed by atoms with Gasteiger partial charge in [0.05, 0.1) is 24.9 Å². The highest BCUT2D eigenvalue weighted by atomic mass is 32.2. The molecular formula is C19H28N2O4S. The number of benzene rings is 1. The molecule has 1 amide bonds. The van der Waals surface area contributed by atoms with Crippen molar-refractivity contribution < 1.29 is 17.9 Å². The minimum atomic E-state index is -3.31. The average Bonchev–Trinajstić information content (AvgIpc) is 2.69. The first kappa shape index (κ1) is 19.3. The molecule has 2 fully saturated rings. The van der Waals surface area contributed by atoms with Crippen LogP contribution in [0.25, 0.3) is 0 Å². The lowest BCUT2D eigenvalue weighted by Gasteiger charge is -2.35. The summed E-state index contributed by atoms with van der Waals surface area (Å²) in [6.45, 7) is 3.21.